The van der Waals surface area contributed by atoms with E-state index in [2.05, 4.69) is 33.3 Å². The molecule has 1 aromatic carbocycles. The van der Waals surface area contributed by atoms with Gasteiger partial charge in [0, 0.05) is 45.3 Å². The number of rotatable bonds is 4. The first-order valence-corrected chi connectivity index (χ1v) is 7.65. The molecule has 2 saturated heterocycles. The molecule has 0 amide bonds. The van der Waals surface area contributed by atoms with Crippen molar-refractivity contribution in [2.24, 2.45) is 0 Å². The highest BCUT2D eigenvalue weighted by Crippen LogP contribution is 2.17. The SMILES string of the molecule is COc1cccc(CN2CCN(C3CCNC3)CC2)c1. The molecule has 4 heteroatoms. The van der Waals surface area contributed by atoms with Crippen molar-refractivity contribution in [3.05, 3.63) is 29.8 Å². The molecule has 2 fully saturated rings. The van der Waals surface area contributed by atoms with Crippen LogP contribution in [0.3, 0.4) is 0 Å². The van der Waals surface area contributed by atoms with Crippen LogP contribution in [-0.2, 0) is 6.54 Å². The van der Waals surface area contributed by atoms with Crippen molar-refractivity contribution < 1.29 is 4.74 Å². The second-order valence-electron chi connectivity index (χ2n) is 5.81. The molecule has 1 unspecified atom stereocenters. The first-order chi connectivity index (χ1) is 9.85. The minimum atomic E-state index is 0.772. The number of benzene rings is 1. The van der Waals surface area contributed by atoms with Crippen LogP contribution in [0, 0.1) is 0 Å². The maximum atomic E-state index is 5.29. The second kappa shape index (κ2) is 6.57. The van der Waals surface area contributed by atoms with Crippen LogP contribution in [0.15, 0.2) is 24.3 Å². The van der Waals surface area contributed by atoms with Gasteiger partial charge in [-0.1, -0.05) is 12.1 Å². The Labute approximate surface area is 121 Å². The molecule has 20 heavy (non-hydrogen) atoms. The normalized spacial score (nSPS) is 24.9. The first-order valence-electron chi connectivity index (χ1n) is 7.65. The van der Waals surface area contributed by atoms with Crippen molar-refractivity contribution in [2.75, 3.05) is 46.4 Å². The highest BCUT2D eigenvalue weighted by molar-refractivity contribution is 5.28. The van der Waals surface area contributed by atoms with E-state index in [9.17, 15) is 0 Å². The minimum absolute atomic E-state index is 0.772. The van der Waals surface area contributed by atoms with Crippen molar-refractivity contribution in [3.63, 3.8) is 0 Å². The number of nitrogens with zero attached hydrogens (tertiary/aromatic N) is 2. The lowest BCUT2D eigenvalue weighted by Crippen LogP contribution is -2.50. The van der Waals surface area contributed by atoms with Gasteiger partial charge in [0.25, 0.3) is 0 Å². The molecule has 0 saturated carbocycles. The molecule has 1 atom stereocenters. The van der Waals surface area contributed by atoms with Gasteiger partial charge in [-0.3, -0.25) is 9.80 Å². The topological polar surface area (TPSA) is 27.7 Å². The summed E-state index contributed by atoms with van der Waals surface area (Å²) in [5.74, 6) is 0.957. The number of hydrogen-bond donors (Lipinski definition) is 1. The predicted octanol–water partition coefficient (Wildman–Crippen LogP) is 1.17. The summed E-state index contributed by atoms with van der Waals surface area (Å²) < 4.78 is 5.29. The molecule has 3 rings (SSSR count). The maximum Gasteiger partial charge on any atom is 0.119 e. The molecule has 1 aromatic rings. The van der Waals surface area contributed by atoms with Gasteiger partial charge in [-0.2, -0.15) is 0 Å². The average Bonchev–Trinajstić information content (AvgIpc) is 3.02. The van der Waals surface area contributed by atoms with Crippen LogP contribution >= 0.6 is 0 Å². The molecule has 0 radical (unpaired) electrons. The first kappa shape index (κ1) is 13.9. The molecule has 0 aromatic heterocycles. The summed E-state index contributed by atoms with van der Waals surface area (Å²) in [5.41, 5.74) is 1.35. The van der Waals surface area contributed by atoms with E-state index in [4.69, 9.17) is 4.74 Å². The third kappa shape index (κ3) is 3.32. The third-order valence-electron chi connectivity index (χ3n) is 4.50. The van der Waals surface area contributed by atoms with E-state index in [-0.39, 0.29) is 0 Å². The van der Waals surface area contributed by atoms with Gasteiger partial charge in [0.2, 0.25) is 0 Å². The highest BCUT2D eigenvalue weighted by Gasteiger charge is 2.25. The van der Waals surface area contributed by atoms with E-state index in [1.807, 2.05) is 6.07 Å². The Bertz CT molecular complexity index is 423. The zero-order valence-electron chi connectivity index (χ0n) is 12.3. The van der Waals surface area contributed by atoms with Gasteiger partial charge >= 0.3 is 0 Å². The van der Waals surface area contributed by atoms with Crippen molar-refractivity contribution in [1.82, 2.24) is 15.1 Å². The summed E-state index contributed by atoms with van der Waals surface area (Å²) in [7, 11) is 1.73. The molecular weight excluding hydrogens is 250 g/mol. The van der Waals surface area contributed by atoms with Crippen molar-refractivity contribution in [1.29, 1.82) is 0 Å². The highest BCUT2D eigenvalue weighted by atomic mass is 16.5. The van der Waals surface area contributed by atoms with Gasteiger partial charge in [-0.05, 0) is 30.7 Å². The van der Waals surface area contributed by atoms with Gasteiger partial charge in [0.15, 0.2) is 0 Å². The van der Waals surface area contributed by atoms with Gasteiger partial charge in [-0.15, -0.1) is 0 Å². The smallest absolute Gasteiger partial charge is 0.119 e. The summed E-state index contributed by atoms with van der Waals surface area (Å²) >= 11 is 0. The zero-order valence-corrected chi connectivity index (χ0v) is 12.3. The largest absolute Gasteiger partial charge is 0.497 e. The number of nitrogens with one attached hydrogen (secondary N) is 1. The van der Waals surface area contributed by atoms with E-state index in [1.165, 1.54) is 51.3 Å². The quantitative estimate of drug-likeness (QED) is 0.893. The van der Waals surface area contributed by atoms with Crippen molar-refractivity contribution >= 4 is 0 Å². The van der Waals surface area contributed by atoms with E-state index in [0.717, 1.165) is 18.3 Å². The Hall–Kier alpha value is -1.10. The monoisotopic (exact) mass is 275 g/mol. The summed E-state index contributed by atoms with van der Waals surface area (Å²) in [4.78, 5) is 5.20. The number of methoxy groups -OCH3 is 1. The molecule has 2 aliphatic rings. The summed E-state index contributed by atoms with van der Waals surface area (Å²) in [6.07, 6.45) is 1.32. The zero-order chi connectivity index (χ0) is 13.8. The maximum absolute atomic E-state index is 5.29. The van der Waals surface area contributed by atoms with Crippen LogP contribution in [0.5, 0.6) is 5.75 Å². The molecular formula is C16H25N3O. The lowest BCUT2D eigenvalue weighted by Gasteiger charge is -2.37. The fourth-order valence-corrected chi connectivity index (χ4v) is 3.27. The summed E-state index contributed by atoms with van der Waals surface area (Å²) in [6.45, 7) is 8.16. The van der Waals surface area contributed by atoms with Crippen LogP contribution in [0.25, 0.3) is 0 Å². The number of piperazine rings is 1. The van der Waals surface area contributed by atoms with Crippen LogP contribution in [0.1, 0.15) is 12.0 Å². The average molecular weight is 275 g/mol. The third-order valence-corrected chi connectivity index (χ3v) is 4.50. The van der Waals surface area contributed by atoms with Gasteiger partial charge < -0.3 is 10.1 Å². The lowest BCUT2D eigenvalue weighted by atomic mass is 10.1. The molecule has 1 N–H and O–H groups in total. The minimum Gasteiger partial charge on any atom is -0.497 e. The lowest BCUT2D eigenvalue weighted by molar-refractivity contribution is 0.0981. The standard InChI is InChI=1S/C16H25N3O/c1-20-16-4-2-3-14(11-16)13-18-7-9-19(10-8-18)15-5-6-17-12-15/h2-4,11,15,17H,5-10,12-13H2,1H3. The molecule has 0 bridgehead atoms. The van der Waals surface area contributed by atoms with E-state index < -0.39 is 0 Å². The van der Waals surface area contributed by atoms with Gasteiger partial charge in [0.1, 0.15) is 5.75 Å². The van der Waals surface area contributed by atoms with Crippen LogP contribution in [0.4, 0.5) is 0 Å². The Morgan fingerprint density at radius 1 is 1.25 bits per heavy atom. The molecule has 0 spiro atoms. The fraction of sp³-hybridized carbons (Fsp3) is 0.625. The van der Waals surface area contributed by atoms with E-state index in [1.54, 1.807) is 7.11 Å². The van der Waals surface area contributed by atoms with Gasteiger partial charge in [-0.25, -0.2) is 0 Å². The summed E-state index contributed by atoms with van der Waals surface area (Å²) in [6, 6.07) is 9.20. The molecule has 110 valence electrons. The number of ether oxygens (including phenoxy) is 1. The predicted molar refractivity (Wildman–Crippen MR) is 81.1 cm³/mol. The number of hydrogen-bond acceptors (Lipinski definition) is 4. The van der Waals surface area contributed by atoms with Crippen molar-refractivity contribution in [3.8, 4) is 5.75 Å². The summed E-state index contributed by atoms with van der Waals surface area (Å²) in [5, 5.41) is 3.46. The Kier molecular flexibility index (Phi) is 4.55. The second-order valence-corrected chi connectivity index (χ2v) is 5.81. The Morgan fingerprint density at radius 2 is 2.10 bits per heavy atom. The molecule has 2 aliphatic heterocycles. The van der Waals surface area contributed by atoms with Gasteiger partial charge in [0.05, 0.1) is 7.11 Å². The molecule has 2 heterocycles. The molecule has 4 nitrogen and oxygen atoms in total. The molecule has 0 aliphatic carbocycles. The van der Waals surface area contributed by atoms with E-state index in [0.29, 0.717) is 0 Å². The van der Waals surface area contributed by atoms with Crippen LogP contribution < -0.4 is 10.1 Å². The fourth-order valence-electron chi connectivity index (χ4n) is 3.27. The van der Waals surface area contributed by atoms with Crippen LogP contribution in [0.2, 0.25) is 0 Å². The van der Waals surface area contributed by atoms with Crippen LogP contribution in [-0.4, -0.2) is 62.2 Å². The Balaban J connectivity index is 1.50. The Morgan fingerprint density at radius 3 is 2.80 bits per heavy atom. The van der Waals surface area contributed by atoms with Crippen molar-refractivity contribution in [2.45, 2.75) is 19.0 Å². The van der Waals surface area contributed by atoms with E-state index >= 15 is 0 Å².